The summed E-state index contributed by atoms with van der Waals surface area (Å²) in [6, 6.07) is 5.13. The van der Waals surface area contributed by atoms with Gasteiger partial charge in [0.15, 0.2) is 12.4 Å². The summed E-state index contributed by atoms with van der Waals surface area (Å²) >= 11 is 1.15. The number of Topliss-reactive ketones (excluding diaryl/α,β-unsaturated/α-hetero) is 1. The number of ketones is 1. The first kappa shape index (κ1) is 21.7. The molecule has 0 spiro atoms. The first-order valence-electron chi connectivity index (χ1n) is 9.47. The van der Waals surface area contributed by atoms with Gasteiger partial charge in [-0.25, -0.2) is 13.8 Å². The van der Waals surface area contributed by atoms with Crippen LogP contribution in [0.15, 0.2) is 24.4 Å². The molecule has 6 nitrogen and oxygen atoms in total. The third kappa shape index (κ3) is 4.62. The van der Waals surface area contributed by atoms with Crippen molar-refractivity contribution in [3.05, 3.63) is 40.5 Å². The molecule has 158 valence electrons. The van der Waals surface area contributed by atoms with Gasteiger partial charge in [-0.3, -0.25) is 4.79 Å². The van der Waals surface area contributed by atoms with Gasteiger partial charge in [0, 0.05) is 18.8 Å². The number of pyridine rings is 1. The third-order valence-electron chi connectivity index (χ3n) is 5.16. The van der Waals surface area contributed by atoms with E-state index in [1.165, 1.54) is 6.20 Å². The van der Waals surface area contributed by atoms with Crippen LogP contribution < -0.4 is 10.1 Å². The molecule has 1 saturated heterocycles. The molecule has 0 unspecified atom stereocenters. The van der Waals surface area contributed by atoms with E-state index in [0.29, 0.717) is 23.5 Å². The van der Waals surface area contributed by atoms with E-state index < -0.39 is 24.0 Å². The summed E-state index contributed by atoms with van der Waals surface area (Å²) in [5.41, 5.74) is -1.34. The molecule has 0 aliphatic carbocycles. The SMILES string of the molecule is C[C@@H]1CC[C@](C(=O)c2cccnc2OCC(F)F)(c2cc(C(C)(C)O)sn2)CN1. The van der Waals surface area contributed by atoms with Crippen LogP contribution in [0.2, 0.25) is 0 Å². The molecule has 29 heavy (non-hydrogen) atoms. The van der Waals surface area contributed by atoms with Gasteiger partial charge in [-0.2, -0.15) is 4.37 Å². The molecule has 2 aromatic rings. The van der Waals surface area contributed by atoms with E-state index in [-0.39, 0.29) is 23.3 Å². The molecule has 1 aliphatic rings. The van der Waals surface area contributed by atoms with E-state index in [2.05, 4.69) is 14.7 Å². The van der Waals surface area contributed by atoms with Crippen LogP contribution in [0.25, 0.3) is 0 Å². The summed E-state index contributed by atoms with van der Waals surface area (Å²) in [6.45, 7) is 4.89. The number of nitrogens with one attached hydrogen (secondary N) is 1. The Kier molecular flexibility index (Phi) is 6.30. The quantitative estimate of drug-likeness (QED) is 0.663. The average Bonchev–Trinajstić information content (AvgIpc) is 3.18. The highest BCUT2D eigenvalue weighted by molar-refractivity contribution is 7.06. The highest BCUT2D eigenvalue weighted by atomic mass is 32.1. The van der Waals surface area contributed by atoms with E-state index >= 15 is 0 Å². The number of hydrogen-bond acceptors (Lipinski definition) is 7. The van der Waals surface area contributed by atoms with Crippen molar-refractivity contribution in [3.63, 3.8) is 0 Å². The van der Waals surface area contributed by atoms with Crippen molar-refractivity contribution >= 4 is 17.3 Å². The van der Waals surface area contributed by atoms with Gasteiger partial charge < -0.3 is 15.2 Å². The van der Waals surface area contributed by atoms with Gasteiger partial charge in [-0.05, 0) is 63.3 Å². The van der Waals surface area contributed by atoms with Crippen molar-refractivity contribution in [2.75, 3.05) is 13.2 Å². The lowest BCUT2D eigenvalue weighted by Crippen LogP contribution is -2.52. The zero-order valence-corrected chi connectivity index (χ0v) is 17.4. The Balaban J connectivity index is 2.02. The number of carbonyl (C=O) groups excluding carboxylic acids is 1. The molecular weight excluding hydrogens is 400 g/mol. The fourth-order valence-corrected chi connectivity index (χ4v) is 4.21. The van der Waals surface area contributed by atoms with Crippen molar-refractivity contribution in [3.8, 4) is 5.88 Å². The molecule has 9 heteroatoms. The highest BCUT2D eigenvalue weighted by Crippen LogP contribution is 2.39. The summed E-state index contributed by atoms with van der Waals surface area (Å²) in [5, 5.41) is 13.7. The molecule has 0 amide bonds. The molecule has 0 aromatic carbocycles. The lowest BCUT2D eigenvalue weighted by atomic mass is 9.71. The number of rotatable bonds is 7. The summed E-state index contributed by atoms with van der Waals surface area (Å²) in [5.74, 6) is -0.379. The number of halogens is 2. The number of aliphatic hydroxyl groups is 1. The summed E-state index contributed by atoms with van der Waals surface area (Å²) in [6.07, 6.45) is 0.0204. The molecule has 3 heterocycles. The minimum atomic E-state index is -2.67. The number of nitrogens with zero attached hydrogens (tertiary/aromatic N) is 2. The monoisotopic (exact) mass is 425 g/mol. The number of piperidine rings is 1. The normalized spacial score (nSPS) is 22.7. The van der Waals surface area contributed by atoms with Crippen LogP contribution in [0, 0.1) is 0 Å². The summed E-state index contributed by atoms with van der Waals surface area (Å²) in [4.78, 5) is 18.4. The minimum absolute atomic E-state index is 0.103. The van der Waals surface area contributed by atoms with Crippen LogP contribution in [0.3, 0.4) is 0 Å². The average molecular weight is 426 g/mol. The molecule has 0 saturated carbocycles. The van der Waals surface area contributed by atoms with Gasteiger partial charge >= 0.3 is 0 Å². The largest absolute Gasteiger partial charge is 0.471 e. The van der Waals surface area contributed by atoms with Crippen molar-refractivity contribution in [1.82, 2.24) is 14.7 Å². The molecule has 0 bridgehead atoms. The fraction of sp³-hybridized carbons (Fsp3) is 0.550. The van der Waals surface area contributed by atoms with Crippen LogP contribution in [0.1, 0.15) is 54.5 Å². The van der Waals surface area contributed by atoms with Crippen molar-refractivity contribution in [1.29, 1.82) is 0 Å². The molecule has 2 N–H and O–H groups in total. The molecule has 3 rings (SSSR count). The molecule has 2 aromatic heterocycles. The molecule has 0 radical (unpaired) electrons. The van der Waals surface area contributed by atoms with E-state index in [9.17, 15) is 18.7 Å². The Hall–Kier alpha value is -1.97. The maximum Gasteiger partial charge on any atom is 0.272 e. The molecule has 2 atom stereocenters. The van der Waals surface area contributed by atoms with E-state index in [4.69, 9.17) is 4.74 Å². The van der Waals surface area contributed by atoms with Crippen molar-refractivity contribution in [2.24, 2.45) is 0 Å². The summed E-state index contributed by atoms with van der Waals surface area (Å²) in [7, 11) is 0. The standard InChI is InChI=1S/C20H25F2N3O3S/c1-12-6-7-20(11-24-12,14-9-15(29-25-14)19(2,3)27)17(26)13-5-4-8-23-18(13)28-10-16(21)22/h4-5,8-9,12,16,24,27H,6-7,10-11H2,1-3H3/t12-,20-/m1/s1. The molecular formula is C20H25F2N3O3S. The maximum absolute atomic E-state index is 13.7. The lowest BCUT2D eigenvalue weighted by Gasteiger charge is -2.38. The first-order chi connectivity index (χ1) is 13.6. The van der Waals surface area contributed by atoms with Crippen molar-refractivity contribution in [2.45, 2.75) is 57.1 Å². The Bertz CT molecular complexity index is 859. The van der Waals surface area contributed by atoms with Crippen LogP contribution in [-0.4, -0.2) is 45.9 Å². The smallest absolute Gasteiger partial charge is 0.272 e. The fourth-order valence-electron chi connectivity index (χ4n) is 3.40. The predicted octanol–water partition coefficient (Wildman–Crippen LogP) is 3.30. The van der Waals surface area contributed by atoms with E-state index in [0.717, 1.165) is 18.0 Å². The van der Waals surface area contributed by atoms with E-state index in [1.54, 1.807) is 32.0 Å². The Morgan fingerprint density at radius 1 is 1.52 bits per heavy atom. The zero-order chi connectivity index (χ0) is 21.2. The maximum atomic E-state index is 13.7. The second-order valence-electron chi connectivity index (χ2n) is 7.93. The van der Waals surface area contributed by atoms with Crippen LogP contribution >= 0.6 is 11.5 Å². The van der Waals surface area contributed by atoms with Crippen molar-refractivity contribution < 1.29 is 23.4 Å². The van der Waals surface area contributed by atoms with E-state index in [1.807, 2.05) is 6.92 Å². The van der Waals surface area contributed by atoms with Gasteiger partial charge in [0.05, 0.1) is 27.2 Å². The first-order valence-corrected chi connectivity index (χ1v) is 10.2. The topological polar surface area (TPSA) is 84.3 Å². The van der Waals surface area contributed by atoms with Crippen LogP contribution in [0.5, 0.6) is 5.88 Å². The van der Waals surface area contributed by atoms with Gasteiger partial charge in [0.25, 0.3) is 6.43 Å². The number of aromatic nitrogens is 2. The molecule has 1 aliphatic heterocycles. The molecule has 1 fully saturated rings. The van der Waals surface area contributed by atoms with Gasteiger partial charge in [0.1, 0.15) is 0 Å². The number of alkyl halides is 2. The highest BCUT2D eigenvalue weighted by Gasteiger charge is 2.46. The van der Waals surface area contributed by atoms with Crippen LogP contribution in [-0.2, 0) is 11.0 Å². The second kappa shape index (κ2) is 8.41. The van der Waals surface area contributed by atoms with Gasteiger partial charge in [-0.1, -0.05) is 0 Å². The predicted molar refractivity (Wildman–Crippen MR) is 106 cm³/mol. The number of carbonyl (C=O) groups is 1. The second-order valence-corrected chi connectivity index (χ2v) is 8.73. The Morgan fingerprint density at radius 2 is 2.28 bits per heavy atom. The lowest BCUT2D eigenvalue weighted by molar-refractivity contribution is 0.0744. The van der Waals surface area contributed by atoms with Gasteiger partial charge in [-0.15, -0.1) is 0 Å². The van der Waals surface area contributed by atoms with Crippen LogP contribution in [0.4, 0.5) is 8.78 Å². The zero-order valence-electron chi connectivity index (χ0n) is 16.6. The van der Waals surface area contributed by atoms with Gasteiger partial charge in [0.2, 0.25) is 5.88 Å². The minimum Gasteiger partial charge on any atom is -0.471 e. The number of ether oxygens (including phenoxy) is 1. The third-order valence-corrected chi connectivity index (χ3v) is 6.26. The number of hydrogen-bond donors (Lipinski definition) is 2. The summed E-state index contributed by atoms with van der Waals surface area (Å²) < 4.78 is 34.9. The Labute approximate surface area is 172 Å². The Morgan fingerprint density at radius 3 is 2.86 bits per heavy atom.